The fourth-order valence-electron chi connectivity index (χ4n) is 16.3. The van der Waals surface area contributed by atoms with Crippen molar-refractivity contribution in [1.29, 1.82) is 0 Å². The van der Waals surface area contributed by atoms with Gasteiger partial charge in [-0.2, -0.15) is 0 Å². The molecule has 14 rings (SSSR count). The predicted octanol–water partition coefficient (Wildman–Crippen LogP) is 9.00. The summed E-state index contributed by atoms with van der Waals surface area (Å²) >= 11 is 0. The van der Waals surface area contributed by atoms with Crippen molar-refractivity contribution in [2.24, 2.45) is 0 Å². The fraction of sp³-hybridized carbons (Fsp3) is 0.677. The summed E-state index contributed by atoms with van der Waals surface area (Å²) in [5, 5.41) is 11.7. The minimum absolute atomic E-state index is 0.160. The van der Waals surface area contributed by atoms with Crippen molar-refractivity contribution in [3.05, 3.63) is 91.0 Å². The number of nitrogen functional groups attached to an aromatic ring is 5. The number of nitrogens with two attached hydrogens (primary N) is 5. The molecule has 12 N–H and O–H groups in total. The zero-order chi connectivity index (χ0) is 85.2. The number of fused-ring (bicyclic) bond motifs is 5. The molecule has 5 aromatic carbocycles. The summed E-state index contributed by atoms with van der Waals surface area (Å²) in [4.78, 5) is 26.6. The number of ether oxygens (including phenoxy) is 11. The Labute approximate surface area is 730 Å². The second kappa shape index (κ2) is 57.2. The molecule has 0 radical (unpaired) electrons. The van der Waals surface area contributed by atoms with Gasteiger partial charge < -0.3 is 135 Å². The molecule has 5 aromatic rings. The van der Waals surface area contributed by atoms with Crippen LogP contribution in [-0.4, -0.2) is 351 Å². The Balaban J connectivity index is 0.000000160. The monoisotopic (exact) mass is 1700 g/mol. The smallest absolute Gasteiger partial charge is 0.144 e. The number of piperazine rings is 2. The van der Waals surface area contributed by atoms with Crippen LogP contribution < -0.4 is 82.2 Å². The highest BCUT2D eigenvalue weighted by Gasteiger charge is 2.25. The molecule has 0 atom stereocenters. The van der Waals surface area contributed by atoms with Gasteiger partial charge >= 0.3 is 0 Å². The van der Waals surface area contributed by atoms with E-state index < -0.39 is 0 Å². The number of rotatable bonds is 45. The summed E-state index contributed by atoms with van der Waals surface area (Å²) < 4.78 is 62.5. The van der Waals surface area contributed by atoms with Crippen LogP contribution in [0.15, 0.2) is 91.0 Å². The number of hydrogen-bond donors (Lipinski definition) is 7. The number of aliphatic hydroxyl groups is 1. The molecule has 0 aromatic heterocycles. The lowest BCUT2D eigenvalue weighted by Gasteiger charge is -2.32. The topological polar surface area (TPSA) is 300 Å². The molecule has 122 heavy (non-hydrogen) atoms. The number of benzene rings is 5. The minimum Gasteiger partial charge on any atom is -0.489 e. The first kappa shape index (κ1) is 96.7. The van der Waals surface area contributed by atoms with E-state index in [1.165, 1.54) is 159 Å². The van der Waals surface area contributed by atoms with Gasteiger partial charge in [0.25, 0.3) is 0 Å². The van der Waals surface area contributed by atoms with Crippen LogP contribution in [0.25, 0.3) is 0 Å². The number of hydrogen-bond acceptors (Lipinski definition) is 29. The Hall–Kier alpha value is -7.46. The molecule has 29 heteroatoms. The molecule has 0 amide bonds. The van der Waals surface area contributed by atoms with Crippen LogP contribution in [0.1, 0.15) is 96.3 Å². The Bertz CT molecular complexity index is 3610. The molecule has 0 aliphatic carbocycles. The SMILES string of the molecule is CN1CCN(CCCOCCCCCN2CCOc3cc(N)ccc32)CC1.CN1CCN(CCOCCCCCN2CCOc3cc(N)ccc32)CC1.Nc1ccc2c(c1)OCCN2CCCCCOCCN1CCCC1.Nc1ccc2c(c1)OCCN2CCCCCOCCN1CCOCC1.Nc1ccc2c(c1)OCCN2CCOCCNCCO. The third-order valence-corrected chi connectivity index (χ3v) is 23.7. The number of anilines is 10. The Morgan fingerprint density at radius 1 is 0.279 bits per heavy atom. The summed E-state index contributed by atoms with van der Waals surface area (Å²) in [7, 11) is 4.40. The van der Waals surface area contributed by atoms with Gasteiger partial charge in [0.15, 0.2) is 0 Å². The highest BCUT2D eigenvalue weighted by molar-refractivity contribution is 5.69. The van der Waals surface area contributed by atoms with Gasteiger partial charge in [0.1, 0.15) is 61.8 Å². The first-order valence-corrected chi connectivity index (χ1v) is 46.3. The molecule has 4 fully saturated rings. The second-order valence-corrected chi connectivity index (χ2v) is 33.2. The van der Waals surface area contributed by atoms with E-state index in [-0.39, 0.29) is 6.61 Å². The molecular formula is C93H155N17O12. The normalized spacial score (nSPS) is 17.5. The molecule has 4 saturated heterocycles. The highest BCUT2D eigenvalue weighted by atomic mass is 16.5. The first-order valence-electron chi connectivity index (χ1n) is 46.3. The molecule has 9 aliphatic heterocycles. The van der Waals surface area contributed by atoms with Gasteiger partial charge in [-0.25, -0.2) is 0 Å². The van der Waals surface area contributed by atoms with Gasteiger partial charge in [0.2, 0.25) is 0 Å². The van der Waals surface area contributed by atoms with Gasteiger partial charge in [-0.3, -0.25) is 9.80 Å². The minimum atomic E-state index is 0.160. The second-order valence-electron chi connectivity index (χ2n) is 33.2. The van der Waals surface area contributed by atoms with E-state index >= 15 is 0 Å². The first-order chi connectivity index (χ1) is 59.9. The number of nitrogens with one attached hydrogen (secondary N) is 1. The quantitative estimate of drug-likeness (QED) is 0.0141. The Morgan fingerprint density at radius 2 is 0.566 bits per heavy atom. The number of aliphatic hydroxyl groups excluding tert-OH is 1. The molecule has 0 spiro atoms. The average molecular weight is 1700 g/mol. The summed E-state index contributed by atoms with van der Waals surface area (Å²) in [6.07, 6.45) is 18.0. The lowest BCUT2D eigenvalue weighted by molar-refractivity contribution is 0.0200. The van der Waals surface area contributed by atoms with Crippen molar-refractivity contribution >= 4 is 56.9 Å². The lowest BCUT2D eigenvalue weighted by Crippen LogP contribution is -2.45. The maximum atomic E-state index is 8.62. The standard InChI is InChI=1S/C21H36N4O2.C20H34N4O2.C19H31N3O3.C19H31N3O2.C14H23N3O3/c1-23-10-12-24(13-11-23)8-5-16-26-15-4-2-3-9-25-14-17-27-21-18-19(22)6-7-20(21)25;1-22-8-10-23(11-9-22)12-15-25-14-4-2-3-7-24-13-16-26-20-17-18(21)5-6-19(20)24;20-17-4-5-18-19(16-17)25-15-10-22(18)6-2-1-3-11-23-12-7-21-8-13-24-14-9-21;20-17-6-7-18-19(16-17)24-15-12-22(18)10-2-1-5-13-23-14-11-21-8-3-4-9-21;15-12-1-2-13-14(11-12)20-10-6-17(13)5-9-19-8-4-16-3-7-18/h6-7,18H,2-5,8-17,22H2,1H3;5-6,17H,2-4,7-16,21H2,1H3;4-5,16H,1-3,6-15,20H2;6-7,16H,1-5,8-15,20H2;1-2,11,16,18H,3-10,15H2. The Kier molecular flexibility index (Phi) is 45.4. The predicted molar refractivity (Wildman–Crippen MR) is 498 cm³/mol. The maximum absolute atomic E-state index is 8.62. The maximum Gasteiger partial charge on any atom is 0.144 e. The van der Waals surface area contributed by atoms with Crippen LogP contribution in [0.3, 0.4) is 0 Å². The van der Waals surface area contributed by atoms with Crippen molar-refractivity contribution in [2.45, 2.75) is 96.3 Å². The third kappa shape index (κ3) is 36.2. The van der Waals surface area contributed by atoms with Crippen LogP contribution in [0.5, 0.6) is 28.7 Å². The van der Waals surface area contributed by atoms with Crippen LogP contribution in [-0.2, 0) is 28.4 Å². The summed E-state index contributed by atoms with van der Waals surface area (Å²) in [6, 6.07) is 29.5. The van der Waals surface area contributed by atoms with Gasteiger partial charge in [-0.15, -0.1) is 0 Å². The molecule has 29 nitrogen and oxygen atoms in total. The molecule has 684 valence electrons. The molecule has 9 aliphatic rings. The van der Waals surface area contributed by atoms with Gasteiger partial charge in [-0.05, 0) is 184 Å². The van der Waals surface area contributed by atoms with E-state index in [0.29, 0.717) is 26.4 Å². The largest absolute Gasteiger partial charge is 0.489 e. The lowest BCUT2D eigenvalue weighted by atomic mass is 10.2. The van der Waals surface area contributed by atoms with Crippen LogP contribution in [0.2, 0.25) is 0 Å². The zero-order valence-corrected chi connectivity index (χ0v) is 74.5. The molecule has 9 heterocycles. The zero-order valence-electron chi connectivity index (χ0n) is 74.5. The number of likely N-dealkylation sites (N-methyl/N-ethyl adjacent to an activating group) is 2. The average Bonchev–Trinajstić information content (AvgIpc) is 1.82. The third-order valence-electron chi connectivity index (χ3n) is 23.7. The number of nitrogens with zero attached hydrogens (tertiary/aromatic N) is 11. The van der Waals surface area contributed by atoms with E-state index in [0.717, 1.165) is 292 Å². The van der Waals surface area contributed by atoms with Crippen molar-refractivity contribution in [3.63, 3.8) is 0 Å². The van der Waals surface area contributed by atoms with Gasteiger partial charge in [0.05, 0.1) is 114 Å². The summed E-state index contributed by atoms with van der Waals surface area (Å²) in [5.41, 5.74) is 38.7. The van der Waals surface area contributed by atoms with Gasteiger partial charge in [-0.1, -0.05) is 0 Å². The van der Waals surface area contributed by atoms with E-state index in [9.17, 15) is 0 Å². The van der Waals surface area contributed by atoms with E-state index in [1.54, 1.807) is 0 Å². The van der Waals surface area contributed by atoms with Crippen LogP contribution in [0, 0.1) is 0 Å². The van der Waals surface area contributed by atoms with E-state index in [4.69, 9.17) is 85.9 Å². The highest BCUT2D eigenvalue weighted by Crippen LogP contribution is 2.38. The molecule has 0 unspecified atom stereocenters. The van der Waals surface area contributed by atoms with Crippen molar-refractivity contribution in [1.82, 2.24) is 34.7 Å². The Morgan fingerprint density at radius 3 is 0.910 bits per heavy atom. The fourth-order valence-corrected chi connectivity index (χ4v) is 16.3. The summed E-state index contributed by atoms with van der Waals surface area (Å²) in [5.74, 6) is 4.53. The van der Waals surface area contributed by atoms with Crippen molar-refractivity contribution in [2.75, 3.05) is 369 Å². The molecule has 0 bridgehead atoms. The molecule has 0 saturated carbocycles. The molecular weight excluding hydrogens is 1550 g/mol. The van der Waals surface area contributed by atoms with E-state index in [1.807, 2.05) is 66.7 Å². The number of likely N-dealkylation sites (tertiary alicyclic amines) is 1. The van der Waals surface area contributed by atoms with Crippen LogP contribution in [0.4, 0.5) is 56.9 Å². The van der Waals surface area contributed by atoms with Gasteiger partial charge in [0, 0.05) is 229 Å². The van der Waals surface area contributed by atoms with Crippen LogP contribution >= 0.6 is 0 Å². The number of morpholine rings is 1. The number of unbranched alkanes of at least 4 members (excludes halogenated alkanes) is 8. The van der Waals surface area contributed by atoms with E-state index in [2.05, 4.69) is 97.6 Å². The van der Waals surface area contributed by atoms with Crippen molar-refractivity contribution in [3.8, 4) is 28.7 Å². The van der Waals surface area contributed by atoms with Crippen molar-refractivity contribution < 1.29 is 57.2 Å². The summed E-state index contributed by atoms with van der Waals surface area (Å²) in [6.45, 7) is 43.5.